The van der Waals surface area contributed by atoms with Crippen molar-refractivity contribution < 1.29 is 19.8 Å². The molecule has 1 atom stereocenters. The minimum absolute atomic E-state index is 0.0821. The van der Waals surface area contributed by atoms with Crippen LogP contribution in [0.15, 0.2) is 48.5 Å². The van der Waals surface area contributed by atoms with Crippen molar-refractivity contribution in [1.82, 2.24) is 10.6 Å². The Hall–Kier alpha value is -3.02. The summed E-state index contributed by atoms with van der Waals surface area (Å²) in [5, 5.41) is 23.5. The van der Waals surface area contributed by atoms with Crippen molar-refractivity contribution in [2.75, 3.05) is 0 Å². The maximum absolute atomic E-state index is 12.2. The number of carbonyl (C=O) groups is 2. The SMILES string of the molecule is Cc1ccc(C(=O)NC(NC(=O)O)c2ccccc2)c(O)c1. The smallest absolute Gasteiger partial charge is 0.406 e. The fraction of sp³-hybridized carbons (Fsp3) is 0.125. The lowest BCUT2D eigenvalue weighted by Crippen LogP contribution is -2.40. The fourth-order valence-electron chi connectivity index (χ4n) is 2.01. The van der Waals surface area contributed by atoms with E-state index in [0.717, 1.165) is 5.56 Å². The summed E-state index contributed by atoms with van der Waals surface area (Å²) in [6.07, 6.45) is -2.17. The molecule has 2 rings (SSSR count). The van der Waals surface area contributed by atoms with E-state index in [9.17, 15) is 14.7 Å². The van der Waals surface area contributed by atoms with Gasteiger partial charge in [0.15, 0.2) is 0 Å². The van der Waals surface area contributed by atoms with E-state index in [1.54, 1.807) is 43.3 Å². The minimum Gasteiger partial charge on any atom is -0.507 e. The highest BCUT2D eigenvalue weighted by atomic mass is 16.4. The second kappa shape index (κ2) is 6.62. The van der Waals surface area contributed by atoms with Crippen LogP contribution < -0.4 is 10.6 Å². The van der Waals surface area contributed by atoms with Gasteiger partial charge in [0.1, 0.15) is 11.9 Å². The molecule has 0 heterocycles. The zero-order valence-electron chi connectivity index (χ0n) is 11.9. The number of phenols is 1. The van der Waals surface area contributed by atoms with Gasteiger partial charge in [-0.25, -0.2) is 4.79 Å². The lowest BCUT2D eigenvalue weighted by molar-refractivity contribution is 0.0926. The molecule has 0 bridgehead atoms. The third kappa shape index (κ3) is 3.76. The second-order valence-electron chi connectivity index (χ2n) is 4.79. The normalized spacial score (nSPS) is 11.5. The zero-order chi connectivity index (χ0) is 16.1. The molecule has 2 amide bonds. The molecule has 0 aliphatic rings. The lowest BCUT2D eigenvalue weighted by atomic mass is 10.1. The van der Waals surface area contributed by atoms with E-state index in [-0.39, 0.29) is 11.3 Å². The Bertz CT molecular complexity index is 686. The van der Waals surface area contributed by atoms with Crippen molar-refractivity contribution in [2.45, 2.75) is 13.1 Å². The van der Waals surface area contributed by atoms with E-state index in [2.05, 4.69) is 10.6 Å². The largest absolute Gasteiger partial charge is 0.507 e. The van der Waals surface area contributed by atoms with Crippen molar-refractivity contribution in [3.63, 3.8) is 0 Å². The van der Waals surface area contributed by atoms with Crippen LogP contribution >= 0.6 is 0 Å². The second-order valence-corrected chi connectivity index (χ2v) is 4.79. The Morgan fingerprint density at radius 3 is 2.32 bits per heavy atom. The predicted molar refractivity (Wildman–Crippen MR) is 80.7 cm³/mol. The molecular weight excluding hydrogens is 284 g/mol. The maximum atomic E-state index is 12.2. The molecule has 0 aromatic heterocycles. The highest BCUT2D eigenvalue weighted by Crippen LogP contribution is 2.19. The first-order chi connectivity index (χ1) is 10.5. The number of aromatic hydroxyl groups is 1. The number of rotatable bonds is 4. The van der Waals surface area contributed by atoms with Crippen molar-refractivity contribution in [3.05, 3.63) is 65.2 Å². The van der Waals surface area contributed by atoms with Gasteiger partial charge in [-0.2, -0.15) is 0 Å². The molecule has 0 fully saturated rings. The quantitative estimate of drug-likeness (QED) is 0.652. The number of carboxylic acid groups (broad SMARTS) is 1. The lowest BCUT2D eigenvalue weighted by Gasteiger charge is -2.19. The monoisotopic (exact) mass is 300 g/mol. The standard InChI is InChI=1S/C16H16N2O4/c1-10-7-8-12(13(19)9-10)15(20)17-14(18-16(21)22)11-5-3-2-4-6-11/h2-9,14,18-19H,1H3,(H,17,20)(H,21,22). The van der Waals surface area contributed by atoms with E-state index in [1.807, 2.05) is 0 Å². The number of phenolic OH excluding ortho intramolecular Hbond substituents is 1. The minimum atomic E-state index is -1.26. The third-order valence-electron chi connectivity index (χ3n) is 3.07. The summed E-state index contributed by atoms with van der Waals surface area (Å²) in [4.78, 5) is 23.1. The first-order valence-electron chi connectivity index (χ1n) is 6.62. The zero-order valence-corrected chi connectivity index (χ0v) is 11.9. The third-order valence-corrected chi connectivity index (χ3v) is 3.07. The molecule has 114 valence electrons. The molecule has 22 heavy (non-hydrogen) atoms. The highest BCUT2D eigenvalue weighted by Gasteiger charge is 2.19. The molecule has 0 aliphatic carbocycles. The van der Waals surface area contributed by atoms with Gasteiger partial charge in [-0.3, -0.25) is 10.1 Å². The van der Waals surface area contributed by atoms with Gasteiger partial charge < -0.3 is 15.5 Å². The van der Waals surface area contributed by atoms with Crippen LogP contribution in [-0.2, 0) is 0 Å². The van der Waals surface area contributed by atoms with Gasteiger partial charge in [-0.05, 0) is 30.2 Å². The molecule has 0 radical (unpaired) electrons. The summed E-state index contributed by atoms with van der Waals surface area (Å²) in [5.74, 6) is -0.722. The van der Waals surface area contributed by atoms with Gasteiger partial charge in [0.2, 0.25) is 0 Å². The highest BCUT2D eigenvalue weighted by molar-refractivity contribution is 5.97. The molecule has 0 aliphatic heterocycles. The number of amides is 2. The summed E-state index contributed by atoms with van der Waals surface area (Å²) in [7, 11) is 0. The van der Waals surface area contributed by atoms with Gasteiger partial charge in [0.25, 0.3) is 5.91 Å². The topological polar surface area (TPSA) is 98.7 Å². The van der Waals surface area contributed by atoms with E-state index < -0.39 is 18.2 Å². The van der Waals surface area contributed by atoms with Gasteiger partial charge in [-0.1, -0.05) is 36.4 Å². The average Bonchev–Trinajstić information content (AvgIpc) is 2.46. The molecule has 6 nitrogen and oxygen atoms in total. The Kier molecular flexibility index (Phi) is 4.63. The average molecular weight is 300 g/mol. The van der Waals surface area contributed by atoms with Crippen LogP contribution in [0.2, 0.25) is 0 Å². The van der Waals surface area contributed by atoms with E-state index in [0.29, 0.717) is 5.56 Å². The Morgan fingerprint density at radius 1 is 1.05 bits per heavy atom. The molecule has 1 unspecified atom stereocenters. The van der Waals surface area contributed by atoms with Crippen LogP contribution in [0.4, 0.5) is 4.79 Å². The summed E-state index contributed by atoms with van der Waals surface area (Å²) in [6, 6.07) is 13.3. The van der Waals surface area contributed by atoms with Crippen LogP contribution in [0.25, 0.3) is 0 Å². The summed E-state index contributed by atoms with van der Waals surface area (Å²) >= 11 is 0. The Morgan fingerprint density at radius 2 is 1.73 bits per heavy atom. The van der Waals surface area contributed by atoms with Gasteiger partial charge in [-0.15, -0.1) is 0 Å². The van der Waals surface area contributed by atoms with Gasteiger partial charge in [0, 0.05) is 0 Å². The molecule has 4 N–H and O–H groups in total. The summed E-state index contributed by atoms with van der Waals surface area (Å²) < 4.78 is 0. The molecule has 6 heteroatoms. The van der Waals surface area contributed by atoms with Crippen molar-refractivity contribution >= 4 is 12.0 Å². The Labute approximate surface area is 127 Å². The van der Waals surface area contributed by atoms with E-state index in [1.165, 1.54) is 12.1 Å². The first-order valence-corrected chi connectivity index (χ1v) is 6.62. The van der Waals surface area contributed by atoms with Crippen molar-refractivity contribution in [2.24, 2.45) is 0 Å². The molecule has 0 saturated heterocycles. The number of benzene rings is 2. The van der Waals surface area contributed by atoms with Crippen molar-refractivity contribution in [1.29, 1.82) is 0 Å². The van der Waals surface area contributed by atoms with Gasteiger partial charge in [0.05, 0.1) is 5.56 Å². The Balaban J connectivity index is 2.23. The van der Waals surface area contributed by atoms with Crippen molar-refractivity contribution in [3.8, 4) is 5.75 Å². The molecule has 2 aromatic carbocycles. The number of hydrogen-bond acceptors (Lipinski definition) is 3. The van der Waals surface area contributed by atoms with Crippen LogP contribution in [0.5, 0.6) is 5.75 Å². The summed E-state index contributed by atoms with van der Waals surface area (Å²) in [5.41, 5.74) is 1.49. The number of aryl methyl sites for hydroxylation is 1. The van der Waals surface area contributed by atoms with Crippen LogP contribution in [0.1, 0.15) is 27.7 Å². The summed E-state index contributed by atoms with van der Waals surface area (Å²) in [6.45, 7) is 1.79. The van der Waals surface area contributed by atoms with E-state index in [4.69, 9.17) is 5.11 Å². The van der Waals surface area contributed by atoms with Gasteiger partial charge >= 0.3 is 6.09 Å². The molecule has 0 spiro atoms. The number of carbonyl (C=O) groups excluding carboxylic acids is 1. The first kappa shape index (κ1) is 15.4. The number of nitrogens with one attached hydrogen (secondary N) is 2. The maximum Gasteiger partial charge on any atom is 0.406 e. The van der Waals surface area contributed by atoms with E-state index >= 15 is 0 Å². The fourth-order valence-corrected chi connectivity index (χ4v) is 2.01. The van der Waals surface area contributed by atoms with Crippen LogP contribution in [0.3, 0.4) is 0 Å². The van der Waals surface area contributed by atoms with Crippen LogP contribution in [-0.4, -0.2) is 22.2 Å². The predicted octanol–water partition coefficient (Wildman–Crippen LogP) is 2.40. The van der Waals surface area contributed by atoms with Crippen LogP contribution in [0, 0.1) is 6.92 Å². The number of hydrogen-bond donors (Lipinski definition) is 4. The molecular formula is C16H16N2O4. The molecule has 2 aromatic rings. The molecule has 0 saturated carbocycles.